The molecule has 1 heterocycles. The van der Waals surface area contributed by atoms with Crippen molar-refractivity contribution in [1.82, 2.24) is 9.80 Å². The average molecular weight is 368 g/mol. The quantitative estimate of drug-likeness (QED) is 0.762. The second-order valence-corrected chi connectivity index (χ2v) is 7.17. The Morgan fingerprint density at radius 3 is 2.59 bits per heavy atom. The first kappa shape index (κ1) is 19.5. The third kappa shape index (κ3) is 4.75. The van der Waals surface area contributed by atoms with Crippen molar-refractivity contribution in [3.63, 3.8) is 0 Å². The van der Waals surface area contributed by atoms with Crippen molar-refractivity contribution in [3.8, 4) is 5.75 Å². The lowest BCUT2D eigenvalue weighted by atomic mass is 9.93. The van der Waals surface area contributed by atoms with E-state index >= 15 is 0 Å². The summed E-state index contributed by atoms with van der Waals surface area (Å²) in [4.78, 5) is 16.2. The fourth-order valence-electron chi connectivity index (χ4n) is 3.93. The van der Waals surface area contributed by atoms with Crippen LogP contribution in [0.1, 0.15) is 34.5 Å². The van der Waals surface area contributed by atoms with Crippen LogP contribution in [0.5, 0.6) is 5.75 Å². The van der Waals surface area contributed by atoms with E-state index in [1.54, 1.807) is 13.2 Å². The van der Waals surface area contributed by atoms with Gasteiger partial charge in [0.2, 0.25) is 0 Å². The van der Waals surface area contributed by atoms with Crippen LogP contribution in [0, 0.1) is 0 Å². The molecule has 0 amide bonds. The van der Waals surface area contributed by atoms with Gasteiger partial charge in [0, 0.05) is 44.9 Å². The molecule has 1 aliphatic heterocycles. The van der Waals surface area contributed by atoms with Gasteiger partial charge in [0.25, 0.3) is 0 Å². The normalized spacial score (nSPS) is 19.7. The molecule has 0 saturated carbocycles. The number of ether oxygens (including phenoxy) is 1. The molecule has 3 rings (SSSR count). The number of hydrogen-bond acceptors (Lipinski definition) is 5. The summed E-state index contributed by atoms with van der Waals surface area (Å²) in [6.45, 7) is 6.76. The van der Waals surface area contributed by atoms with E-state index in [9.17, 15) is 9.90 Å². The Labute approximate surface area is 161 Å². The molecule has 5 heteroatoms. The number of rotatable bonds is 7. The van der Waals surface area contributed by atoms with Gasteiger partial charge in [-0.2, -0.15) is 0 Å². The predicted octanol–water partition coefficient (Wildman–Crippen LogP) is 2.95. The van der Waals surface area contributed by atoms with E-state index in [1.807, 2.05) is 36.4 Å². The van der Waals surface area contributed by atoms with Gasteiger partial charge in [-0.05, 0) is 36.2 Å². The van der Waals surface area contributed by atoms with Gasteiger partial charge in [-0.1, -0.05) is 30.3 Å². The molecular weight excluding hydrogens is 340 g/mol. The van der Waals surface area contributed by atoms with Crippen molar-refractivity contribution >= 4 is 6.29 Å². The molecule has 2 aromatic carbocycles. The largest absolute Gasteiger partial charge is 0.508 e. The van der Waals surface area contributed by atoms with Crippen LogP contribution in [0.25, 0.3) is 0 Å². The minimum atomic E-state index is -0.00317. The first-order chi connectivity index (χ1) is 13.1. The molecule has 5 nitrogen and oxygen atoms in total. The first-order valence-corrected chi connectivity index (χ1v) is 9.43. The van der Waals surface area contributed by atoms with E-state index in [-0.39, 0.29) is 11.8 Å². The number of methoxy groups -OCH3 is 1. The van der Waals surface area contributed by atoms with Crippen molar-refractivity contribution in [2.45, 2.75) is 19.0 Å². The number of carbonyl (C=O) groups is 1. The number of phenolic OH excluding ortho intramolecular Hbond substituents is 1. The minimum Gasteiger partial charge on any atom is -0.508 e. The topological polar surface area (TPSA) is 53.0 Å². The third-order valence-electron chi connectivity index (χ3n) is 5.25. The van der Waals surface area contributed by atoms with Gasteiger partial charge in [-0.3, -0.25) is 14.6 Å². The number of aldehydes is 1. The average Bonchev–Trinajstić information content (AvgIpc) is 2.68. The van der Waals surface area contributed by atoms with Gasteiger partial charge in [-0.25, -0.2) is 0 Å². The minimum absolute atomic E-state index is 0.00317. The Morgan fingerprint density at radius 2 is 1.93 bits per heavy atom. The van der Waals surface area contributed by atoms with Gasteiger partial charge in [0.15, 0.2) is 0 Å². The van der Waals surface area contributed by atoms with Crippen LogP contribution in [-0.4, -0.2) is 67.1 Å². The van der Waals surface area contributed by atoms with Crippen molar-refractivity contribution in [3.05, 3.63) is 65.2 Å². The highest BCUT2D eigenvalue weighted by atomic mass is 16.5. The predicted molar refractivity (Wildman–Crippen MR) is 106 cm³/mol. The summed E-state index contributed by atoms with van der Waals surface area (Å²) in [5, 5.41) is 10.0. The second-order valence-electron chi connectivity index (χ2n) is 7.17. The van der Waals surface area contributed by atoms with Gasteiger partial charge in [0.05, 0.1) is 12.6 Å². The second kappa shape index (κ2) is 9.13. The molecule has 2 aromatic rings. The maximum atomic E-state index is 11.3. The lowest BCUT2D eigenvalue weighted by molar-refractivity contribution is 0.0458. The number of carbonyl (C=O) groups excluding carboxylic acids is 1. The lowest BCUT2D eigenvalue weighted by Crippen LogP contribution is -2.53. The molecule has 1 N–H and O–H groups in total. The van der Waals surface area contributed by atoms with Crippen LogP contribution in [0.3, 0.4) is 0 Å². The number of benzene rings is 2. The Morgan fingerprint density at radius 1 is 1.19 bits per heavy atom. The molecule has 0 aliphatic carbocycles. The summed E-state index contributed by atoms with van der Waals surface area (Å²) in [5.74, 6) is 0.260. The first-order valence-electron chi connectivity index (χ1n) is 9.43. The zero-order chi connectivity index (χ0) is 19.2. The van der Waals surface area contributed by atoms with Crippen LogP contribution in [0.15, 0.2) is 48.5 Å². The van der Waals surface area contributed by atoms with Gasteiger partial charge >= 0.3 is 0 Å². The van der Waals surface area contributed by atoms with E-state index in [1.165, 1.54) is 0 Å². The maximum absolute atomic E-state index is 11.3. The van der Waals surface area contributed by atoms with Crippen molar-refractivity contribution < 1.29 is 14.6 Å². The fraction of sp³-hybridized carbons (Fsp3) is 0.409. The van der Waals surface area contributed by atoms with E-state index in [0.29, 0.717) is 11.6 Å². The van der Waals surface area contributed by atoms with Gasteiger partial charge in [-0.15, -0.1) is 0 Å². The number of hydrogen-bond donors (Lipinski definition) is 1. The van der Waals surface area contributed by atoms with Crippen LogP contribution >= 0.6 is 0 Å². The molecule has 2 unspecified atom stereocenters. The number of aromatic hydroxyl groups is 1. The summed E-state index contributed by atoms with van der Waals surface area (Å²) < 4.78 is 5.22. The highest BCUT2D eigenvalue weighted by molar-refractivity contribution is 5.75. The zero-order valence-electron chi connectivity index (χ0n) is 16.0. The van der Waals surface area contributed by atoms with E-state index in [4.69, 9.17) is 4.74 Å². The number of nitrogens with zero attached hydrogens (tertiary/aromatic N) is 2. The van der Waals surface area contributed by atoms with Gasteiger partial charge < -0.3 is 9.84 Å². The third-order valence-corrected chi connectivity index (χ3v) is 5.25. The highest BCUT2D eigenvalue weighted by Crippen LogP contribution is 2.33. The lowest BCUT2D eigenvalue weighted by Gasteiger charge is -2.44. The molecule has 1 saturated heterocycles. The molecule has 1 aliphatic rings. The number of phenols is 1. The molecule has 2 atom stereocenters. The van der Waals surface area contributed by atoms with Crippen LogP contribution < -0.4 is 0 Å². The standard InChI is InChI=1S/C22H28N2O3/c1-17-15-23(11-12-27-2)9-10-24(17)22(20-7-4-8-21(26)14-20)19-6-3-5-18(13-19)16-25/h3-8,13-14,16-17,22,26H,9-12,15H2,1-2H3. The maximum Gasteiger partial charge on any atom is 0.150 e. The smallest absolute Gasteiger partial charge is 0.150 e. The molecule has 0 radical (unpaired) electrons. The van der Waals surface area contributed by atoms with Crippen LogP contribution in [0.2, 0.25) is 0 Å². The van der Waals surface area contributed by atoms with E-state index in [2.05, 4.69) is 22.8 Å². The molecule has 0 aromatic heterocycles. The van der Waals surface area contributed by atoms with Gasteiger partial charge in [0.1, 0.15) is 12.0 Å². The Kier molecular flexibility index (Phi) is 6.61. The SMILES string of the molecule is COCCN1CCN(C(c2cccc(O)c2)c2cccc(C=O)c2)C(C)C1. The fourth-order valence-corrected chi connectivity index (χ4v) is 3.93. The monoisotopic (exact) mass is 368 g/mol. The van der Waals surface area contributed by atoms with E-state index < -0.39 is 0 Å². The Bertz CT molecular complexity index is 765. The van der Waals surface area contributed by atoms with Crippen molar-refractivity contribution in [1.29, 1.82) is 0 Å². The van der Waals surface area contributed by atoms with Crippen molar-refractivity contribution in [2.24, 2.45) is 0 Å². The molecule has 0 bridgehead atoms. The van der Waals surface area contributed by atoms with Crippen LogP contribution in [-0.2, 0) is 4.74 Å². The van der Waals surface area contributed by atoms with Crippen LogP contribution in [0.4, 0.5) is 0 Å². The molecule has 27 heavy (non-hydrogen) atoms. The summed E-state index contributed by atoms with van der Waals surface area (Å²) in [7, 11) is 1.73. The summed E-state index contributed by atoms with van der Waals surface area (Å²) >= 11 is 0. The summed E-state index contributed by atoms with van der Waals surface area (Å²) in [6.07, 6.45) is 0.884. The molecule has 0 spiro atoms. The summed E-state index contributed by atoms with van der Waals surface area (Å²) in [5.41, 5.74) is 2.78. The number of piperazine rings is 1. The zero-order valence-corrected chi connectivity index (χ0v) is 16.0. The molecule has 1 fully saturated rings. The van der Waals surface area contributed by atoms with Crippen molar-refractivity contribution in [2.75, 3.05) is 39.9 Å². The molecule has 144 valence electrons. The van der Waals surface area contributed by atoms with E-state index in [0.717, 1.165) is 50.2 Å². The molecular formula is C22H28N2O3. The highest BCUT2D eigenvalue weighted by Gasteiger charge is 2.31. The Balaban J connectivity index is 1.91. The Hall–Kier alpha value is -2.21. The summed E-state index contributed by atoms with van der Waals surface area (Å²) in [6, 6.07) is 15.5.